The third kappa shape index (κ3) is 6.19. The van der Waals surface area contributed by atoms with Crippen LogP contribution < -0.4 is 5.32 Å². The molecular formula is C31H32N4O5. The average Bonchev–Trinajstić information content (AvgIpc) is 3.01. The lowest BCUT2D eigenvalue weighted by molar-refractivity contribution is -0.253. The number of hydrogen-bond donors (Lipinski definition) is 2. The second kappa shape index (κ2) is 12.2. The first-order valence-corrected chi connectivity index (χ1v) is 13.6. The minimum atomic E-state index is -0.611. The Bertz CT molecular complexity index is 1460. The fourth-order valence-electron chi connectivity index (χ4n) is 5.13. The van der Waals surface area contributed by atoms with Gasteiger partial charge in [-0.2, -0.15) is 0 Å². The molecule has 3 heterocycles. The van der Waals surface area contributed by atoms with Gasteiger partial charge in [0.2, 0.25) is 0 Å². The van der Waals surface area contributed by atoms with Crippen molar-refractivity contribution in [2.75, 3.05) is 38.2 Å². The number of morpholine rings is 1. The summed E-state index contributed by atoms with van der Waals surface area (Å²) in [5, 5.41) is 12.4. The number of rotatable bonds is 7. The summed E-state index contributed by atoms with van der Waals surface area (Å²) in [4.78, 5) is 24.2. The molecule has 3 atom stereocenters. The zero-order chi connectivity index (χ0) is 27.3. The van der Waals surface area contributed by atoms with E-state index < -0.39 is 6.29 Å². The molecular weight excluding hydrogens is 508 g/mol. The number of para-hydroxylation sites is 2. The van der Waals surface area contributed by atoms with Crippen LogP contribution in [0.2, 0.25) is 0 Å². The molecule has 4 aromatic rings. The Hall–Kier alpha value is -3.73. The average molecular weight is 541 g/mol. The van der Waals surface area contributed by atoms with E-state index in [0.717, 1.165) is 55.1 Å². The third-order valence-corrected chi connectivity index (χ3v) is 7.28. The Kier molecular flexibility index (Phi) is 8.08. The highest BCUT2D eigenvalue weighted by Gasteiger charge is 2.33. The Labute approximate surface area is 232 Å². The highest BCUT2D eigenvalue weighted by atomic mass is 16.7. The maximum Gasteiger partial charge on any atom is 0.275 e. The van der Waals surface area contributed by atoms with E-state index in [1.165, 1.54) is 6.20 Å². The zero-order valence-electron chi connectivity index (χ0n) is 22.1. The van der Waals surface area contributed by atoms with Crippen LogP contribution in [0.3, 0.4) is 0 Å². The number of carbonyl (C=O) groups is 1. The van der Waals surface area contributed by atoms with Crippen molar-refractivity contribution in [1.82, 2.24) is 14.9 Å². The molecule has 1 aromatic heterocycles. The minimum absolute atomic E-state index is 0.000492. The van der Waals surface area contributed by atoms with Gasteiger partial charge in [0.25, 0.3) is 5.91 Å². The number of anilines is 1. The van der Waals surface area contributed by atoms with Crippen molar-refractivity contribution in [2.45, 2.75) is 31.5 Å². The molecule has 0 saturated carbocycles. The summed E-state index contributed by atoms with van der Waals surface area (Å²) in [6, 6.07) is 22.8. The van der Waals surface area contributed by atoms with Crippen molar-refractivity contribution in [3.05, 3.63) is 101 Å². The van der Waals surface area contributed by atoms with E-state index in [0.29, 0.717) is 17.6 Å². The molecule has 0 unspecified atom stereocenters. The second-order valence-corrected chi connectivity index (χ2v) is 10.1. The maximum absolute atomic E-state index is 13.0. The first-order chi connectivity index (χ1) is 19.6. The van der Waals surface area contributed by atoms with Gasteiger partial charge in [0.15, 0.2) is 6.29 Å². The normalized spacial score (nSPS) is 21.8. The molecule has 0 bridgehead atoms. The molecule has 206 valence electrons. The van der Waals surface area contributed by atoms with Gasteiger partial charge in [-0.15, -0.1) is 0 Å². The molecule has 6 rings (SSSR count). The molecule has 0 spiro atoms. The number of nitrogens with zero attached hydrogens (tertiary/aromatic N) is 3. The van der Waals surface area contributed by atoms with Crippen LogP contribution in [0.5, 0.6) is 0 Å². The number of hydrogen-bond acceptors (Lipinski definition) is 8. The van der Waals surface area contributed by atoms with E-state index in [-0.39, 0.29) is 30.4 Å². The summed E-state index contributed by atoms with van der Waals surface area (Å²) in [6.07, 6.45) is 1.36. The van der Waals surface area contributed by atoms with Gasteiger partial charge in [-0.05, 0) is 35.4 Å². The van der Waals surface area contributed by atoms with Crippen LogP contribution in [0, 0.1) is 0 Å². The van der Waals surface area contributed by atoms with Gasteiger partial charge in [0.05, 0.1) is 49.3 Å². The summed E-state index contributed by atoms with van der Waals surface area (Å²) in [6.45, 7) is 3.98. The van der Waals surface area contributed by atoms with Crippen molar-refractivity contribution in [2.24, 2.45) is 0 Å². The largest absolute Gasteiger partial charge is 0.392 e. The summed E-state index contributed by atoms with van der Waals surface area (Å²) in [5.41, 5.74) is 4.96. The van der Waals surface area contributed by atoms with Gasteiger partial charge in [0.1, 0.15) is 5.69 Å². The summed E-state index contributed by atoms with van der Waals surface area (Å²) in [7, 11) is 0. The molecule has 0 aliphatic carbocycles. The number of nitrogens with one attached hydrogen (secondary N) is 1. The molecule has 3 aromatic carbocycles. The van der Waals surface area contributed by atoms with Gasteiger partial charge in [-0.1, -0.05) is 48.5 Å². The Morgan fingerprint density at radius 3 is 2.55 bits per heavy atom. The van der Waals surface area contributed by atoms with Gasteiger partial charge in [-0.25, -0.2) is 4.98 Å². The number of carbonyl (C=O) groups excluding carboxylic acids is 1. The zero-order valence-corrected chi connectivity index (χ0v) is 22.1. The van der Waals surface area contributed by atoms with Crippen LogP contribution in [0.15, 0.2) is 79.0 Å². The topological polar surface area (TPSA) is 106 Å². The first kappa shape index (κ1) is 26.5. The van der Waals surface area contributed by atoms with Gasteiger partial charge < -0.3 is 24.6 Å². The standard InChI is InChI=1S/C31H32N4O5/c36-20-21-8-10-22(11-9-21)29-17-25(19-35-12-14-38-15-13-35)39-31(40-29)23-4-3-5-24(16-23)33-30(37)28-18-32-26-6-1-2-7-27(26)34-28/h1-11,16,18,25,29,31,36H,12-15,17,19-20H2,(H,33,37)/t25-,29+,31+/m1/s1. The van der Waals surface area contributed by atoms with Crippen molar-refractivity contribution in [3.8, 4) is 0 Å². The molecule has 2 fully saturated rings. The maximum atomic E-state index is 13.0. The van der Waals surface area contributed by atoms with Gasteiger partial charge in [-0.3, -0.25) is 14.7 Å². The highest BCUT2D eigenvalue weighted by molar-refractivity contribution is 6.03. The van der Waals surface area contributed by atoms with Crippen molar-refractivity contribution in [1.29, 1.82) is 0 Å². The summed E-state index contributed by atoms with van der Waals surface area (Å²) >= 11 is 0. The van der Waals surface area contributed by atoms with Crippen molar-refractivity contribution < 1.29 is 24.1 Å². The van der Waals surface area contributed by atoms with Gasteiger partial charge in [0, 0.05) is 37.3 Å². The predicted octanol–water partition coefficient (Wildman–Crippen LogP) is 4.25. The second-order valence-electron chi connectivity index (χ2n) is 10.1. The van der Waals surface area contributed by atoms with Crippen LogP contribution in [0.25, 0.3) is 11.0 Å². The molecule has 2 saturated heterocycles. The number of benzene rings is 3. The van der Waals surface area contributed by atoms with E-state index in [2.05, 4.69) is 20.2 Å². The van der Waals surface area contributed by atoms with Crippen LogP contribution in [0.1, 0.15) is 46.0 Å². The molecule has 1 amide bonds. The predicted molar refractivity (Wildman–Crippen MR) is 150 cm³/mol. The lowest BCUT2D eigenvalue weighted by Gasteiger charge is -2.39. The Balaban J connectivity index is 1.21. The van der Waals surface area contributed by atoms with Crippen molar-refractivity contribution in [3.63, 3.8) is 0 Å². The van der Waals surface area contributed by atoms with E-state index >= 15 is 0 Å². The molecule has 9 nitrogen and oxygen atoms in total. The molecule has 2 aliphatic heterocycles. The Morgan fingerprint density at radius 1 is 0.950 bits per heavy atom. The fraction of sp³-hybridized carbons (Fsp3) is 0.323. The van der Waals surface area contributed by atoms with Gasteiger partial charge >= 0.3 is 0 Å². The highest BCUT2D eigenvalue weighted by Crippen LogP contribution is 2.38. The van der Waals surface area contributed by atoms with E-state index in [4.69, 9.17) is 14.2 Å². The number of fused-ring (bicyclic) bond motifs is 1. The van der Waals surface area contributed by atoms with Crippen LogP contribution in [0.4, 0.5) is 5.69 Å². The smallest absolute Gasteiger partial charge is 0.275 e. The Morgan fingerprint density at radius 2 is 1.75 bits per heavy atom. The van der Waals surface area contributed by atoms with E-state index in [1.807, 2.05) is 72.8 Å². The van der Waals surface area contributed by atoms with Crippen LogP contribution in [-0.2, 0) is 20.8 Å². The monoisotopic (exact) mass is 540 g/mol. The van der Waals surface area contributed by atoms with Crippen molar-refractivity contribution >= 4 is 22.6 Å². The van der Waals surface area contributed by atoms with E-state index in [9.17, 15) is 9.90 Å². The number of aliphatic hydroxyl groups excluding tert-OH is 1. The molecule has 2 aliphatic rings. The lowest BCUT2D eigenvalue weighted by atomic mass is 9.99. The number of ether oxygens (including phenoxy) is 3. The quantitative estimate of drug-likeness (QED) is 0.358. The van der Waals surface area contributed by atoms with Crippen LogP contribution >= 0.6 is 0 Å². The van der Waals surface area contributed by atoms with E-state index in [1.54, 1.807) is 0 Å². The molecule has 40 heavy (non-hydrogen) atoms. The summed E-state index contributed by atoms with van der Waals surface area (Å²) < 4.78 is 18.5. The number of aliphatic hydroxyl groups is 1. The first-order valence-electron chi connectivity index (χ1n) is 13.6. The molecule has 0 radical (unpaired) electrons. The summed E-state index contributed by atoms with van der Waals surface area (Å²) in [5.74, 6) is -0.340. The molecule has 9 heteroatoms. The molecule has 2 N–H and O–H groups in total. The van der Waals surface area contributed by atoms with Crippen LogP contribution in [-0.4, -0.2) is 64.8 Å². The SMILES string of the molecule is O=C(Nc1cccc([C@H]2O[C@@H](CN3CCOCC3)C[C@@H](c3ccc(CO)cc3)O2)c1)c1cnc2ccccc2n1. The number of aromatic nitrogens is 2. The number of amides is 1. The minimum Gasteiger partial charge on any atom is -0.392 e. The third-order valence-electron chi connectivity index (χ3n) is 7.28. The fourth-order valence-corrected chi connectivity index (χ4v) is 5.13. The lowest BCUT2D eigenvalue weighted by Crippen LogP contribution is -2.44.